The van der Waals surface area contributed by atoms with Crippen molar-refractivity contribution in [2.24, 2.45) is 0 Å². The fourth-order valence-corrected chi connectivity index (χ4v) is 3.37. The van der Waals surface area contributed by atoms with E-state index in [9.17, 15) is 9.59 Å². The van der Waals surface area contributed by atoms with E-state index in [1.807, 2.05) is 36.1 Å². The van der Waals surface area contributed by atoms with Gasteiger partial charge < -0.3 is 14.5 Å². The Bertz CT molecular complexity index is 564. The van der Waals surface area contributed by atoms with Crippen LogP contribution in [-0.4, -0.2) is 55.5 Å². The van der Waals surface area contributed by atoms with Crippen molar-refractivity contribution in [3.05, 3.63) is 29.8 Å². The quantitative estimate of drug-likeness (QED) is 0.798. The fraction of sp³-hybridized carbons (Fsp3) is 0.556. The van der Waals surface area contributed by atoms with Gasteiger partial charge in [-0.05, 0) is 37.1 Å². The van der Waals surface area contributed by atoms with E-state index in [0.29, 0.717) is 32.7 Å². The third kappa shape index (κ3) is 3.39. The molecule has 2 aliphatic rings. The lowest BCUT2D eigenvalue weighted by atomic mass is 10.1. The number of carbonyl (C=O) groups excluding carboxylic acids is 2. The zero-order chi connectivity index (χ0) is 16.2. The number of morpholine rings is 1. The summed E-state index contributed by atoms with van der Waals surface area (Å²) in [5.74, 6) is 0.360. The van der Waals surface area contributed by atoms with Crippen LogP contribution in [0.5, 0.6) is 0 Å². The Morgan fingerprint density at radius 2 is 1.83 bits per heavy atom. The molecule has 2 heterocycles. The van der Waals surface area contributed by atoms with Gasteiger partial charge >= 0.3 is 0 Å². The first-order valence-corrected chi connectivity index (χ1v) is 8.47. The lowest BCUT2D eigenvalue weighted by Crippen LogP contribution is -2.49. The molecule has 0 aromatic heterocycles. The first-order chi connectivity index (χ1) is 11.2. The van der Waals surface area contributed by atoms with Crippen LogP contribution < -0.4 is 4.90 Å². The normalized spacial score (nSPS) is 21.5. The Morgan fingerprint density at radius 1 is 1.13 bits per heavy atom. The van der Waals surface area contributed by atoms with Crippen molar-refractivity contribution in [2.45, 2.75) is 32.2 Å². The highest BCUT2D eigenvalue weighted by Gasteiger charge is 2.34. The average molecular weight is 316 g/mol. The topological polar surface area (TPSA) is 49.9 Å². The van der Waals surface area contributed by atoms with Gasteiger partial charge in [0.1, 0.15) is 6.04 Å². The van der Waals surface area contributed by atoms with Crippen LogP contribution in [0.15, 0.2) is 24.3 Å². The molecule has 0 aliphatic carbocycles. The molecule has 2 aliphatic heterocycles. The van der Waals surface area contributed by atoms with E-state index in [2.05, 4.69) is 4.90 Å². The standard InChI is InChI=1S/C18H24N2O3/c1-2-17(21)14-5-7-15(8-6-14)20-9-3-4-16(20)18(22)19-10-12-23-13-11-19/h5-8,16H,2-4,9-13H2,1H3/t16-/m1/s1. The van der Waals surface area contributed by atoms with Crippen molar-refractivity contribution in [1.29, 1.82) is 0 Å². The van der Waals surface area contributed by atoms with E-state index in [1.54, 1.807) is 0 Å². The zero-order valence-corrected chi connectivity index (χ0v) is 13.7. The summed E-state index contributed by atoms with van der Waals surface area (Å²) in [5, 5.41) is 0. The second kappa shape index (κ2) is 7.13. The van der Waals surface area contributed by atoms with E-state index < -0.39 is 0 Å². The predicted octanol–water partition coefficient (Wildman–Crippen LogP) is 2.11. The Hall–Kier alpha value is -1.88. The lowest BCUT2D eigenvalue weighted by molar-refractivity contribution is -0.136. The number of hydrogen-bond acceptors (Lipinski definition) is 4. The molecule has 0 bridgehead atoms. The third-order valence-electron chi connectivity index (χ3n) is 4.70. The number of carbonyl (C=O) groups is 2. The number of ketones is 1. The fourth-order valence-electron chi connectivity index (χ4n) is 3.37. The summed E-state index contributed by atoms with van der Waals surface area (Å²) < 4.78 is 5.33. The van der Waals surface area contributed by atoms with Gasteiger partial charge in [-0.3, -0.25) is 9.59 Å². The van der Waals surface area contributed by atoms with Crippen LogP contribution in [0, 0.1) is 0 Å². The minimum absolute atomic E-state index is 0.0826. The molecule has 2 saturated heterocycles. The average Bonchev–Trinajstić information content (AvgIpc) is 3.11. The van der Waals surface area contributed by atoms with Crippen LogP contribution in [0.25, 0.3) is 0 Å². The van der Waals surface area contributed by atoms with E-state index in [1.165, 1.54) is 0 Å². The molecule has 5 heteroatoms. The molecule has 124 valence electrons. The molecule has 1 aromatic rings. The summed E-state index contributed by atoms with van der Waals surface area (Å²) in [5.41, 5.74) is 1.77. The van der Waals surface area contributed by atoms with Gasteiger partial charge in [-0.2, -0.15) is 0 Å². The predicted molar refractivity (Wildman–Crippen MR) is 88.8 cm³/mol. The second-order valence-electron chi connectivity index (χ2n) is 6.11. The molecule has 0 N–H and O–H groups in total. The van der Waals surface area contributed by atoms with Gasteiger partial charge in [0.25, 0.3) is 0 Å². The number of anilines is 1. The van der Waals surface area contributed by atoms with E-state index >= 15 is 0 Å². The van der Waals surface area contributed by atoms with Gasteiger partial charge in [0.05, 0.1) is 13.2 Å². The summed E-state index contributed by atoms with van der Waals surface area (Å²) in [4.78, 5) is 28.6. The molecule has 2 fully saturated rings. The molecule has 1 atom stereocenters. The number of benzene rings is 1. The maximum absolute atomic E-state index is 12.8. The van der Waals surface area contributed by atoms with Crippen LogP contribution >= 0.6 is 0 Å². The smallest absolute Gasteiger partial charge is 0.245 e. The first-order valence-electron chi connectivity index (χ1n) is 8.47. The van der Waals surface area contributed by atoms with Gasteiger partial charge in [-0.1, -0.05) is 6.92 Å². The maximum atomic E-state index is 12.8. The van der Waals surface area contributed by atoms with Crippen molar-refractivity contribution in [1.82, 2.24) is 4.90 Å². The molecule has 3 rings (SSSR count). The highest BCUT2D eigenvalue weighted by atomic mass is 16.5. The monoisotopic (exact) mass is 316 g/mol. The van der Waals surface area contributed by atoms with Gasteiger partial charge in [-0.25, -0.2) is 0 Å². The van der Waals surface area contributed by atoms with Crippen molar-refractivity contribution >= 4 is 17.4 Å². The number of hydrogen-bond donors (Lipinski definition) is 0. The number of Topliss-reactive ketones (excluding diaryl/α,β-unsaturated/α-hetero) is 1. The number of rotatable bonds is 4. The Labute approximate surface area is 137 Å². The van der Waals surface area contributed by atoms with Crippen LogP contribution in [0.2, 0.25) is 0 Å². The maximum Gasteiger partial charge on any atom is 0.245 e. The van der Waals surface area contributed by atoms with E-state index in [4.69, 9.17) is 4.74 Å². The SMILES string of the molecule is CCC(=O)c1ccc(N2CCC[C@@H]2C(=O)N2CCOCC2)cc1. The van der Waals surface area contributed by atoms with Crippen molar-refractivity contribution < 1.29 is 14.3 Å². The summed E-state index contributed by atoms with van der Waals surface area (Å²) >= 11 is 0. The molecule has 1 amide bonds. The van der Waals surface area contributed by atoms with Crippen LogP contribution in [0.3, 0.4) is 0 Å². The van der Waals surface area contributed by atoms with Crippen LogP contribution in [-0.2, 0) is 9.53 Å². The lowest BCUT2D eigenvalue weighted by Gasteiger charge is -2.33. The molecule has 0 saturated carbocycles. The largest absolute Gasteiger partial charge is 0.378 e. The van der Waals surface area contributed by atoms with Crippen molar-refractivity contribution in [3.8, 4) is 0 Å². The van der Waals surface area contributed by atoms with Gasteiger partial charge in [0.2, 0.25) is 5.91 Å². The van der Waals surface area contributed by atoms with E-state index in [0.717, 1.165) is 30.6 Å². The summed E-state index contributed by atoms with van der Waals surface area (Å²) in [6, 6.07) is 7.59. The van der Waals surface area contributed by atoms with Crippen LogP contribution in [0.1, 0.15) is 36.5 Å². The number of nitrogens with zero attached hydrogens (tertiary/aromatic N) is 2. The molecule has 0 unspecified atom stereocenters. The molecule has 1 aromatic carbocycles. The highest BCUT2D eigenvalue weighted by Crippen LogP contribution is 2.27. The first kappa shape index (κ1) is 16.0. The molecule has 0 spiro atoms. The number of ether oxygens (including phenoxy) is 1. The highest BCUT2D eigenvalue weighted by molar-refractivity contribution is 5.96. The second-order valence-corrected chi connectivity index (χ2v) is 6.11. The Kier molecular flexibility index (Phi) is 4.96. The zero-order valence-electron chi connectivity index (χ0n) is 13.7. The van der Waals surface area contributed by atoms with Gasteiger partial charge in [0, 0.05) is 37.3 Å². The molecule has 23 heavy (non-hydrogen) atoms. The third-order valence-corrected chi connectivity index (χ3v) is 4.70. The molecule has 0 radical (unpaired) electrons. The minimum Gasteiger partial charge on any atom is -0.378 e. The molecular formula is C18H24N2O3. The van der Waals surface area contributed by atoms with Crippen molar-refractivity contribution in [3.63, 3.8) is 0 Å². The Morgan fingerprint density at radius 3 is 2.48 bits per heavy atom. The van der Waals surface area contributed by atoms with Crippen LogP contribution in [0.4, 0.5) is 5.69 Å². The summed E-state index contributed by atoms with van der Waals surface area (Å²) in [6.45, 7) is 5.40. The minimum atomic E-state index is -0.0826. The van der Waals surface area contributed by atoms with Crippen molar-refractivity contribution in [2.75, 3.05) is 37.7 Å². The van der Waals surface area contributed by atoms with Gasteiger partial charge in [-0.15, -0.1) is 0 Å². The number of amides is 1. The van der Waals surface area contributed by atoms with Gasteiger partial charge in [0.15, 0.2) is 5.78 Å². The summed E-state index contributed by atoms with van der Waals surface area (Å²) in [7, 11) is 0. The molecular weight excluding hydrogens is 292 g/mol. The molecule has 5 nitrogen and oxygen atoms in total. The Balaban J connectivity index is 1.73. The summed E-state index contributed by atoms with van der Waals surface area (Å²) in [6.07, 6.45) is 2.43. The van der Waals surface area contributed by atoms with E-state index in [-0.39, 0.29) is 17.7 Å².